The van der Waals surface area contributed by atoms with E-state index in [4.69, 9.17) is 10.5 Å². The fraction of sp³-hybridized carbons (Fsp3) is 0.455. The van der Waals surface area contributed by atoms with Gasteiger partial charge in [-0.2, -0.15) is 5.26 Å². The molecule has 6 heterocycles. The highest BCUT2D eigenvalue weighted by molar-refractivity contribution is 6.06. The number of amides is 4. The number of anilines is 2. The van der Waals surface area contributed by atoms with Crippen LogP contribution in [0.4, 0.5) is 11.5 Å². The summed E-state index contributed by atoms with van der Waals surface area (Å²) in [6, 6.07) is 18.0. The van der Waals surface area contributed by atoms with E-state index in [1.165, 1.54) is 4.90 Å². The normalized spacial score (nSPS) is 23.1. The Morgan fingerprint density at radius 2 is 1.66 bits per heavy atom. The molecule has 15 nitrogen and oxygen atoms in total. The second-order valence-corrected chi connectivity index (χ2v) is 16.5. The van der Waals surface area contributed by atoms with Crippen molar-refractivity contribution >= 4 is 46.0 Å². The first-order valence-corrected chi connectivity index (χ1v) is 20.8. The lowest BCUT2D eigenvalue weighted by Gasteiger charge is -2.41. The minimum absolute atomic E-state index is 0.0949. The zero-order chi connectivity index (χ0) is 40.6. The summed E-state index contributed by atoms with van der Waals surface area (Å²) in [4.78, 5) is 67.2. The average molecular weight is 797 g/mol. The summed E-state index contributed by atoms with van der Waals surface area (Å²) < 4.78 is 6.41. The van der Waals surface area contributed by atoms with Crippen LogP contribution in [-0.4, -0.2) is 118 Å². The number of hydrogen-bond donors (Lipinski definition) is 1. The fourth-order valence-electron chi connectivity index (χ4n) is 9.70. The van der Waals surface area contributed by atoms with Gasteiger partial charge >= 0.3 is 0 Å². The quantitative estimate of drug-likeness (QED) is 0.242. The van der Waals surface area contributed by atoms with E-state index < -0.39 is 11.9 Å². The van der Waals surface area contributed by atoms with E-state index in [0.29, 0.717) is 67.0 Å². The van der Waals surface area contributed by atoms with E-state index in [0.717, 1.165) is 81.1 Å². The molecule has 0 unspecified atom stereocenters. The average Bonchev–Trinajstić information content (AvgIpc) is 3.59. The van der Waals surface area contributed by atoms with Gasteiger partial charge < -0.3 is 25.2 Å². The van der Waals surface area contributed by atoms with Crippen molar-refractivity contribution in [2.75, 3.05) is 55.6 Å². The molecule has 4 fully saturated rings. The van der Waals surface area contributed by atoms with Gasteiger partial charge in [0.25, 0.3) is 17.7 Å². The molecule has 2 aromatic carbocycles. The van der Waals surface area contributed by atoms with Gasteiger partial charge in [-0.05, 0) is 111 Å². The smallest absolute Gasteiger partial charge is 0.269 e. The molecule has 0 radical (unpaired) electrons. The number of piperidine rings is 2. The predicted octanol–water partition coefficient (Wildman–Crippen LogP) is 3.90. The number of fused-ring (bicyclic) bond motifs is 2. The van der Waals surface area contributed by atoms with Crippen LogP contribution in [0.25, 0.3) is 10.9 Å². The number of ether oxygens (including phenoxy) is 1. The standard InChI is InChI=1S/C44H48N10O5/c45-25-29-3-12-38(35-2-1-17-47-41(29)35)59-33-7-4-31(5-8-33)54-40(55)14-11-37(44(54)58)53-27-30-24-32(6-9-34(30)43(53)57)51-22-20-50(21-23-51)26-28-15-18-52(19-16-28)39-13-10-36(42(46)56)48-49-39/h1-3,6,9-10,12-13,17,24,28,31,33,37H,4-5,7-8,11,14-16,18-23,26-27H2,(H2,46,56)/t31?,33?,37-/m0/s1. The number of nitrogens with two attached hydrogens (primary N) is 1. The van der Waals surface area contributed by atoms with Crippen LogP contribution in [0.1, 0.15) is 83.3 Å². The highest BCUT2D eigenvalue weighted by Crippen LogP contribution is 2.36. The summed E-state index contributed by atoms with van der Waals surface area (Å²) in [5, 5.41) is 18.5. The van der Waals surface area contributed by atoms with Gasteiger partial charge in [0.1, 0.15) is 17.9 Å². The molecule has 2 aromatic heterocycles. The number of carbonyl (C=O) groups excluding carboxylic acids is 4. The van der Waals surface area contributed by atoms with Gasteiger partial charge in [-0.1, -0.05) is 0 Å². The Morgan fingerprint density at radius 3 is 2.39 bits per heavy atom. The third-order valence-corrected chi connectivity index (χ3v) is 13.0. The molecule has 3 saturated heterocycles. The van der Waals surface area contributed by atoms with E-state index in [-0.39, 0.29) is 42.0 Å². The van der Waals surface area contributed by atoms with E-state index in [1.54, 1.807) is 23.2 Å². The van der Waals surface area contributed by atoms with Crippen molar-refractivity contribution in [2.24, 2.45) is 11.7 Å². The molecule has 4 aliphatic heterocycles. The maximum atomic E-state index is 14.1. The highest BCUT2D eigenvalue weighted by Gasteiger charge is 2.45. The summed E-state index contributed by atoms with van der Waals surface area (Å²) in [6.45, 7) is 6.91. The largest absolute Gasteiger partial charge is 0.490 e. The van der Waals surface area contributed by atoms with Crippen LogP contribution in [0.15, 0.2) is 60.8 Å². The topological polar surface area (TPSA) is 182 Å². The van der Waals surface area contributed by atoms with Crippen molar-refractivity contribution in [3.05, 3.63) is 83.2 Å². The second-order valence-electron chi connectivity index (χ2n) is 16.5. The Kier molecular flexibility index (Phi) is 10.6. The number of pyridine rings is 1. The van der Waals surface area contributed by atoms with Crippen LogP contribution in [0.5, 0.6) is 5.75 Å². The number of piperazine rings is 1. The molecular formula is C44H48N10O5. The number of primary amides is 1. The SMILES string of the molecule is N#Cc1ccc(OC2CCC(N3C(=O)CC[C@H](N4Cc5cc(N6CCN(CC7CCN(c8ccc(C(N)=O)nn8)CC7)CC6)ccc5C4=O)C3=O)CC2)c2cccnc12. The van der Waals surface area contributed by atoms with E-state index in [1.807, 2.05) is 36.4 Å². The van der Waals surface area contributed by atoms with Crippen molar-refractivity contribution in [2.45, 2.75) is 76.1 Å². The molecule has 0 bridgehead atoms. The Balaban J connectivity index is 0.765. The number of nitriles is 1. The molecule has 4 aromatic rings. The third-order valence-electron chi connectivity index (χ3n) is 13.0. The summed E-state index contributed by atoms with van der Waals surface area (Å²) in [7, 11) is 0. The van der Waals surface area contributed by atoms with Crippen molar-refractivity contribution in [3.8, 4) is 11.8 Å². The first kappa shape index (κ1) is 38.4. The molecule has 15 heteroatoms. The van der Waals surface area contributed by atoms with Crippen molar-refractivity contribution in [1.29, 1.82) is 5.26 Å². The molecule has 0 spiro atoms. The molecular weight excluding hydrogens is 749 g/mol. The Morgan fingerprint density at radius 1 is 0.864 bits per heavy atom. The maximum absolute atomic E-state index is 14.1. The minimum Gasteiger partial charge on any atom is -0.490 e. The summed E-state index contributed by atoms with van der Waals surface area (Å²) in [6.07, 6.45) is 6.85. The highest BCUT2D eigenvalue weighted by atomic mass is 16.5. The monoisotopic (exact) mass is 796 g/mol. The van der Waals surface area contributed by atoms with Crippen LogP contribution in [0, 0.1) is 17.2 Å². The van der Waals surface area contributed by atoms with Crippen LogP contribution < -0.4 is 20.3 Å². The molecule has 9 rings (SSSR count). The molecule has 1 aliphatic carbocycles. The zero-order valence-corrected chi connectivity index (χ0v) is 33.0. The van der Waals surface area contributed by atoms with Gasteiger partial charge in [0.05, 0.1) is 17.2 Å². The summed E-state index contributed by atoms with van der Waals surface area (Å²) in [5.74, 6) is 0.887. The van der Waals surface area contributed by atoms with Gasteiger partial charge in [-0.3, -0.25) is 34.0 Å². The predicted molar refractivity (Wildman–Crippen MR) is 218 cm³/mol. The number of rotatable bonds is 9. The first-order chi connectivity index (χ1) is 28.7. The van der Waals surface area contributed by atoms with E-state index >= 15 is 0 Å². The van der Waals surface area contributed by atoms with Crippen LogP contribution in [0.3, 0.4) is 0 Å². The van der Waals surface area contributed by atoms with Crippen LogP contribution >= 0.6 is 0 Å². The third kappa shape index (κ3) is 7.65. The van der Waals surface area contributed by atoms with Crippen molar-refractivity contribution in [3.63, 3.8) is 0 Å². The molecule has 5 aliphatic rings. The number of benzene rings is 2. The van der Waals surface area contributed by atoms with Gasteiger partial charge in [-0.15, -0.1) is 10.2 Å². The van der Waals surface area contributed by atoms with Gasteiger partial charge in [0.15, 0.2) is 11.5 Å². The molecule has 59 heavy (non-hydrogen) atoms. The Bertz CT molecular complexity index is 2310. The van der Waals surface area contributed by atoms with Crippen molar-refractivity contribution in [1.82, 2.24) is 29.9 Å². The Labute approximate surface area is 342 Å². The second kappa shape index (κ2) is 16.2. The van der Waals surface area contributed by atoms with Gasteiger partial charge in [0.2, 0.25) is 5.91 Å². The Hall–Kier alpha value is -6.14. The minimum atomic E-state index is -0.673. The number of aromatic nitrogens is 3. The van der Waals surface area contributed by atoms with Gasteiger partial charge in [0, 0.05) is 87.7 Å². The fourth-order valence-corrected chi connectivity index (χ4v) is 9.70. The number of hydrogen-bond acceptors (Lipinski definition) is 12. The lowest BCUT2D eigenvalue weighted by atomic mass is 9.89. The number of imide groups is 1. The lowest BCUT2D eigenvalue weighted by molar-refractivity contribution is -0.156. The van der Waals surface area contributed by atoms with E-state index in [9.17, 15) is 24.4 Å². The first-order valence-electron chi connectivity index (χ1n) is 20.8. The van der Waals surface area contributed by atoms with E-state index in [2.05, 4.69) is 42.0 Å². The van der Waals surface area contributed by atoms with Crippen molar-refractivity contribution < 1.29 is 23.9 Å². The maximum Gasteiger partial charge on any atom is 0.269 e. The summed E-state index contributed by atoms with van der Waals surface area (Å²) in [5.41, 5.74) is 9.23. The number of nitrogens with zero attached hydrogens (tertiary/aromatic N) is 9. The van der Waals surface area contributed by atoms with Gasteiger partial charge in [-0.25, -0.2) is 0 Å². The van der Waals surface area contributed by atoms with Crippen LogP contribution in [0.2, 0.25) is 0 Å². The molecule has 2 N–H and O–H groups in total. The molecule has 1 saturated carbocycles. The lowest BCUT2D eigenvalue weighted by Crippen LogP contribution is -2.58. The summed E-state index contributed by atoms with van der Waals surface area (Å²) >= 11 is 0. The zero-order valence-electron chi connectivity index (χ0n) is 33.0. The molecule has 4 amide bonds. The van der Waals surface area contributed by atoms with Crippen LogP contribution in [-0.2, 0) is 16.1 Å². The molecule has 304 valence electrons. The number of likely N-dealkylation sites (tertiary alicyclic amines) is 1. The number of carbonyl (C=O) groups is 4. The molecule has 1 atom stereocenters.